The van der Waals surface area contributed by atoms with Crippen LogP contribution in [0.2, 0.25) is 0 Å². The molecule has 2 aromatic heterocycles. The molecular formula is C29H28N4O2S3. The van der Waals surface area contributed by atoms with Crippen LogP contribution in [0.5, 0.6) is 0 Å². The van der Waals surface area contributed by atoms with Crippen molar-refractivity contribution in [2.24, 2.45) is 0 Å². The molecule has 0 aliphatic carbocycles. The second-order valence-corrected chi connectivity index (χ2v) is 12.6. The van der Waals surface area contributed by atoms with Crippen LogP contribution in [0.25, 0.3) is 10.7 Å². The van der Waals surface area contributed by atoms with E-state index in [1.54, 1.807) is 35.2 Å². The monoisotopic (exact) mass is 560 g/mol. The minimum absolute atomic E-state index is 0.264. The van der Waals surface area contributed by atoms with Crippen molar-refractivity contribution in [3.8, 4) is 10.7 Å². The number of nitrogens with one attached hydrogen (secondary N) is 1. The van der Waals surface area contributed by atoms with Gasteiger partial charge in [-0.3, -0.25) is 4.57 Å². The molecule has 38 heavy (non-hydrogen) atoms. The molecule has 5 rings (SSSR count). The van der Waals surface area contributed by atoms with E-state index in [1.165, 1.54) is 5.56 Å². The Morgan fingerprint density at radius 2 is 1.61 bits per heavy atom. The van der Waals surface area contributed by atoms with Crippen LogP contribution in [0.3, 0.4) is 0 Å². The Morgan fingerprint density at radius 3 is 2.29 bits per heavy atom. The van der Waals surface area contributed by atoms with Crippen LogP contribution >= 0.6 is 23.1 Å². The molecule has 0 fully saturated rings. The van der Waals surface area contributed by atoms with Crippen LogP contribution in [0.4, 0.5) is 0 Å². The number of benzene rings is 3. The van der Waals surface area contributed by atoms with Crippen LogP contribution in [-0.2, 0) is 16.6 Å². The second kappa shape index (κ2) is 12.1. The Bertz CT molecular complexity index is 1550. The maximum atomic E-state index is 13.2. The van der Waals surface area contributed by atoms with Gasteiger partial charge in [-0.15, -0.1) is 21.5 Å². The van der Waals surface area contributed by atoms with Gasteiger partial charge in [-0.05, 0) is 48.1 Å². The molecule has 0 bridgehead atoms. The highest BCUT2D eigenvalue weighted by atomic mass is 32.2. The predicted octanol–water partition coefficient (Wildman–Crippen LogP) is 6.57. The summed E-state index contributed by atoms with van der Waals surface area (Å²) in [5, 5.41) is 11.9. The van der Waals surface area contributed by atoms with Gasteiger partial charge in [0.15, 0.2) is 11.0 Å². The van der Waals surface area contributed by atoms with Gasteiger partial charge in [-0.1, -0.05) is 96.2 Å². The van der Waals surface area contributed by atoms with Crippen molar-refractivity contribution in [2.75, 3.05) is 5.75 Å². The van der Waals surface area contributed by atoms with Crippen LogP contribution < -0.4 is 4.72 Å². The molecule has 0 amide bonds. The minimum atomic E-state index is -3.68. The number of aromatic nitrogens is 3. The summed E-state index contributed by atoms with van der Waals surface area (Å²) in [5.74, 6) is 1.50. The van der Waals surface area contributed by atoms with Crippen LogP contribution in [0.1, 0.15) is 29.2 Å². The fraction of sp³-hybridized carbons (Fsp3) is 0.172. The third-order valence-corrected chi connectivity index (χ3v) is 9.46. The predicted molar refractivity (Wildman–Crippen MR) is 155 cm³/mol. The summed E-state index contributed by atoms with van der Waals surface area (Å²) in [6.07, 6.45) is 0.590. The first-order valence-electron chi connectivity index (χ1n) is 12.3. The number of rotatable bonds is 11. The summed E-state index contributed by atoms with van der Waals surface area (Å²) in [5.41, 5.74) is 3.11. The van der Waals surface area contributed by atoms with Gasteiger partial charge in [0.2, 0.25) is 10.0 Å². The van der Waals surface area contributed by atoms with Crippen molar-refractivity contribution in [3.05, 3.63) is 119 Å². The zero-order valence-electron chi connectivity index (χ0n) is 20.9. The van der Waals surface area contributed by atoms with Gasteiger partial charge in [0.25, 0.3) is 0 Å². The van der Waals surface area contributed by atoms with Crippen molar-refractivity contribution >= 4 is 33.1 Å². The fourth-order valence-corrected chi connectivity index (χ4v) is 7.03. The maximum Gasteiger partial charge on any atom is 0.241 e. The van der Waals surface area contributed by atoms with E-state index in [9.17, 15) is 8.42 Å². The summed E-state index contributed by atoms with van der Waals surface area (Å²) < 4.78 is 31.5. The van der Waals surface area contributed by atoms with E-state index in [0.717, 1.165) is 27.0 Å². The molecule has 6 nitrogen and oxygen atoms in total. The fourth-order valence-electron chi connectivity index (χ4n) is 4.11. The molecule has 1 N–H and O–H groups in total. The van der Waals surface area contributed by atoms with E-state index in [-0.39, 0.29) is 10.9 Å². The topological polar surface area (TPSA) is 76.9 Å². The SMILES string of the molecule is Cc1ccc(S(=O)(=O)NC(CCSc2nnc(-c3cccs3)n2Cc2ccccc2)c2ccccc2)cc1. The molecule has 0 aliphatic rings. The quantitative estimate of drug-likeness (QED) is 0.185. The Balaban J connectivity index is 1.36. The van der Waals surface area contributed by atoms with E-state index < -0.39 is 10.0 Å². The first-order chi connectivity index (χ1) is 18.5. The number of sulfonamides is 1. The Kier molecular flexibility index (Phi) is 8.38. The number of aryl methyl sites for hydroxylation is 1. The minimum Gasteiger partial charge on any atom is -0.297 e. The lowest BCUT2D eigenvalue weighted by molar-refractivity contribution is 0.551. The first-order valence-corrected chi connectivity index (χ1v) is 15.6. The largest absolute Gasteiger partial charge is 0.297 e. The van der Waals surface area contributed by atoms with Crippen molar-refractivity contribution in [1.82, 2.24) is 19.5 Å². The number of hydrogen-bond acceptors (Lipinski definition) is 6. The number of nitrogens with zero attached hydrogens (tertiary/aromatic N) is 3. The van der Waals surface area contributed by atoms with Crippen molar-refractivity contribution < 1.29 is 8.42 Å². The number of thioether (sulfide) groups is 1. The summed E-state index contributed by atoms with van der Waals surface area (Å²) in [6, 6.07) is 30.6. The van der Waals surface area contributed by atoms with E-state index in [0.29, 0.717) is 18.7 Å². The molecule has 194 valence electrons. The lowest BCUT2D eigenvalue weighted by atomic mass is 10.1. The van der Waals surface area contributed by atoms with Crippen molar-refractivity contribution in [1.29, 1.82) is 0 Å². The number of hydrogen-bond donors (Lipinski definition) is 1. The van der Waals surface area contributed by atoms with E-state index >= 15 is 0 Å². The standard InChI is InChI=1S/C29H28N4O2S3/c1-22-14-16-25(17-15-22)38(34,35)32-26(24-11-6-3-7-12-24)18-20-37-29-31-30-28(27-13-8-19-36-27)33(29)21-23-9-4-2-5-10-23/h2-17,19,26,32H,18,20-21H2,1H3. The molecule has 5 aromatic rings. The second-order valence-electron chi connectivity index (χ2n) is 8.89. The van der Waals surface area contributed by atoms with Gasteiger partial charge in [0.1, 0.15) is 0 Å². The highest BCUT2D eigenvalue weighted by Crippen LogP contribution is 2.30. The molecule has 0 aliphatic heterocycles. The third-order valence-electron chi connectivity index (χ3n) is 6.11. The molecule has 1 atom stereocenters. The molecular weight excluding hydrogens is 533 g/mol. The first kappa shape index (κ1) is 26.4. The van der Waals surface area contributed by atoms with Gasteiger partial charge >= 0.3 is 0 Å². The summed E-state index contributed by atoms with van der Waals surface area (Å²) >= 11 is 3.23. The molecule has 2 heterocycles. The zero-order valence-corrected chi connectivity index (χ0v) is 23.3. The van der Waals surface area contributed by atoms with Gasteiger partial charge in [0, 0.05) is 11.8 Å². The smallest absolute Gasteiger partial charge is 0.241 e. The Labute approximate surface area is 231 Å². The molecule has 0 spiro atoms. The number of thiophene rings is 1. The van der Waals surface area contributed by atoms with Gasteiger partial charge in [-0.2, -0.15) is 0 Å². The molecule has 0 saturated heterocycles. The summed E-state index contributed by atoms with van der Waals surface area (Å²) in [6.45, 7) is 2.60. The van der Waals surface area contributed by atoms with Crippen LogP contribution in [-0.4, -0.2) is 28.9 Å². The van der Waals surface area contributed by atoms with E-state index in [4.69, 9.17) is 0 Å². The average Bonchev–Trinajstić information content (AvgIpc) is 3.60. The molecule has 3 aromatic carbocycles. The lowest BCUT2D eigenvalue weighted by Crippen LogP contribution is -2.29. The van der Waals surface area contributed by atoms with E-state index in [2.05, 4.69) is 37.7 Å². The maximum absolute atomic E-state index is 13.2. The van der Waals surface area contributed by atoms with Crippen LogP contribution in [0, 0.1) is 6.92 Å². The van der Waals surface area contributed by atoms with E-state index in [1.807, 2.05) is 79.0 Å². The molecule has 0 saturated carbocycles. The van der Waals surface area contributed by atoms with Gasteiger partial charge in [0.05, 0.1) is 16.3 Å². The van der Waals surface area contributed by atoms with Crippen molar-refractivity contribution in [3.63, 3.8) is 0 Å². The highest BCUT2D eigenvalue weighted by molar-refractivity contribution is 7.99. The van der Waals surface area contributed by atoms with Gasteiger partial charge < -0.3 is 0 Å². The molecule has 0 radical (unpaired) electrons. The lowest BCUT2D eigenvalue weighted by Gasteiger charge is -2.19. The molecule has 1 unspecified atom stereocenters. The normalized spacial score (nSPS) is 12.4. The highest BCUT2D eigenvalue weighted by Gasteiger charge is 2.22. The average molecular weight is 561 g/mol. The Hall–Kier alpha value is -3.24. The zero-order chi connectivity index (χ0) is 26.4. The summed E-state index contributed by atoms with van der Waals surface area (Å²) in [4.78, 5) is 1.33. The van der Waals surface area contributed by atoms with Crippen molar-refractivity contribution in [2.45, 2.75) is 36.0 Å². The van der Waals surface area contributed by atoms with Crippen LogP contribution in [0.15, 0.2) is 112 Å². The third kappa shape index (κ3) is 6.42. The Morgan fingerprint density at radius 1 is 0.895 bits per heavy atom. The van der Waals surface area contributed by atoms with Gasteiger partial charge in [-0.25, -0.2) is 13.1 Å². The molecule has 9 heteroatoms. The summed E-state index contributed by atoms with van der Waals surface area (Å²) in [7, 11) is -3.68.